The summed E-state index contributed by atoms with van der Waals surface area (Å²) in [5.74, 6) is -2.39. The van der Waals surface area contributed by atoms with Gasteiger partial charge in [0, 0.05) is 31.2 Å². The Morgan fingerprint density at radius 1 is 1.06 bits per heavy atom. The molecule has 160 valence electrons. The number of methoxy groups -OCH3 is 1. The predicted molar refractivity (Wildman–Crippen MR) is 112 cm³/mol. The Kier molecular flexibility index (Phi) is 5.46. The molecular weight excluding hydrogens is 404 g/mol. The van der Waals surface area contributed by atoms with Gasteiger partial charge in [0.1, 0.15) is 5.66 Å². The monoisotopic (exact) mass is 425 g/mol. The van der Waals surface area contributed by atoms with E-state index < -0.39 is 17.3 Å². The number of nitrogens with zero attached hydrogens (tertiary/aromatic N) is 1. The zero-order chi connectivity index (χ0) is 22.0. The van der Waals surface area contributed by atoms with E-state index in [2.05, 4.69) is 20.4 Å². The van der Waals surface area contributed by atoms with Crippen LogP contribution in [0.1, 0.15) is 23.1 Å². The molecule has 0 amide bonds. The molecule has 2 heterocycles. The molecule has 8 heteroatoms. The summed E-state index contributed by atoms with van der Waals surface area (Å²) in [4.78, 5) is 15.3. The first-order valence-electron chi connectivity index (χ1n) is 9.75. The molecular formula is C23H21F2N3O3. The number of carbonyl (C=O) groups excluding carboxylic acids is 1. The summed E-state index contributed by atoms with van der Waals surface area (Å²) < 4.78 is 32.3. The van der Waals surface area contributed by atoms with Crippen LogP contribution in [0.2, 0.25) is 0 Å². The molecule has 0 bridgehead atoms. The second-order valence-corrected chi connectivity index (χ2v) is 7.41. The number of esters is 1. The number of benzene rings is 2. The minimum Gasteiger partial charge on any atom is -0.493 e. The van der Waals surface area contributed by atoms with Crippen molar-refractivity contribution in [1.29, 1.82) is 0 Å². The number of ether oxygens (including phenoxy) is 1. The number of hydrogen-bond acceptors (Lipinski definition) is 6. The number of halogens is 2. The number of aromatic hydroxyl groups is 1. The van der Waals surface area contributed by atoms with E-state index in [4.69, 9.17) is 0 Å². The lowest BCUT2D eigenvalue weighted by Gasteiger charge is -2.32. The van der Waals surface area contributed by atoms with E-state index in [0.717, 1.165) is 23.3 Å². The zero-order valence-electron chi connectivity index (χ0n) is 16.8. The summed E-state index contributed by atoms with van der Waals surface area (Å²) in [5.41, 5.74) is 2.04. The van der Waals surface area contributed by atoms with Crippen molar-refractivity contribution in [1.82, 2.24) is 4.98 Å². The van der Waals surface area contributed by atoms with Gasteiger partial charge in [-0.2, -0.15) is 0 Å². The van der Waals surface area contributed by atoms with E-state index in [1.54, 1.807) is 12.1 Å². The Morgan fingerprint density at radius 2 is 1.68 bits per heavy atom. The van der Waals surface area contributed by atoms with Crippen molar-refractivity contribution in [2.45, 2.75) is 24.9 Å². The number of hydrogen-bond donors (Lipinski definition) is 3. The van der Waals surface area contributed by atoms with Crippen LogP contribution in [-0.2, 0) is 28.0 Å². The van der Waals surface area contributed by atoms with Gasteiger partial charge >= 0.3 is 5.97 Å². The second-order valence-electron chi connectivity index (χ2n) is 7.41. The number of nitrogens with one attached hydrogen (secondary N) is 2. The minimum atomic E-state index is -1.06. The fourth-order valence-electron chi connectivity index (χ4n) is 3.77. The van der Waals surface area contributed by atoms with Crippen molar-refractivity contribution >= 4 is 17.3 Å². The average Bonchev–Trinajstić information content (AvgIpc) is 3.11. The third-order valence-corrected chi connectivity index (χ3v) is 5.34. The number of aryl methyl sites for hydroxylation is 1. The highest BCUT2D eigenvalue weighted by Gasteiger charge is 2.41. The van der Waals surface area contributed by atoms with Crippen LogP contribution >= 0.6 is 0 Å². The van der Waals surface area contributed by atoms with Crippen LogP contribution in [0.5, 0.6) is 5.88 Å². The van der Waals surface area contributed by atoms with Crippen LogP contribution in [0.15, 0.2) is 54.7 Å². The highest BCUT2D eigenvalue weighted by molar-refractivity contribution is 5.78. The molecule has 0 spiro atoms. The fraction of sp³-hybridized carbons (Fsp3) is 0.217. The van der Waals surface area contributed by atoms with Crippen LogP contribution in [0.4, 0.5) is 20.2 Å². The van der Waals surface area contributed by atoms with E-state index in [-0.39, 0.29) is 11.8 Å². The van der Waals surface area contributed by atoms with E-state index in [9.17, 15) is 18.7 Å². The summed E-state index contributed by atoms with van der Waals surface area (Å²) in [7, 11) is 1.36. The van der Waals surface area contributed by atoms with Crippen LogP contribution in [0.3, 0.4) is 0 Å². The van der Waals surface area contributed by atoms with Crippen molar-refractivity contribution in [3.05, 3.63) is 83.1 Å². The van der Waals surface area contributed by atoms with E-state index >= 15 is 0 Å². The molecule has 2 aromatic carbocycles. The Hall–Kier alpha value is -3.68. The van der Waals surface area contributed by atoms with Gasteiger partial charge in [0.05, 0.1) is 24.0 Å². The van der Waals surface area contributed by atoms with Gasteiger partial charge in [-0.1, -0.05) is 24.3 Å². The van der Waals surface area contributed by atoms with Gasteiger partial charge in [0.2, 0.25) is 5.88 Å². The van der Waals surface area contributed by atoms with Gasteiger partial charge in [-0.15, -0.1) is 0 Å². The number of anilines is 2. The van der Waals surface area contributed by atoms with Crippen molar-refractivity contribution in [2.24, 2.45) is 0 Å². The van der Waals surface area contributed by atoms with Crippen molar-refractivity contribution in [3.8, 4) is 5.88 Å². The maximum Gasteiger partial charge on any atom is 0.305 e. The summed E-state index contributed by atoms with van der Waals surface area (Å²) in [6.45, 7) is 0. The minimum absolute atomic E-state index is 0.189. The van der Waals surface area contributed by atoms with Crippen molar-refractivity contribution < 1.29 is 23.4 Å². The molecule has 0 atom stereocenters. The number of aromatic nitrogens is 1. The zero-order valence-corrected chi connectivity index (χ0v) is 16.8. The third kappa shape index (κ3) is 4.14. The number of fused-ring (bicyclic) bond motifs is 1. The van der Waals surface area contributed by atoms with Crippen molar-refractivity contribution in [3.63, 3.8) is 0 Å². The largest absolute Gasteiger partial charge is 0.493 e. The third-order valence-electron chi connectivity index (χ3n) is 5.34. The van der Waals surface area contributed by atoms with Crippen molar-refractivity contribution in [2.75, 3.05) is 17.7 Å². The topological polar surface area (TPSA) is 83.5 Å². The van der Waals surface area contributed by atoms with E-state index in [1.165, 1.54) is 13.3 Å². The molecule has 0 saturated carbocycles. The predicted octanol–water partition coefficient (Wildman–Crippen LogP) is 4.10. The molecule has 0 radical (unpaired) electrons. The molecule has 1 aromatic heterocycles. The Balaban J connectivity index is 1.64. The molecule has 1 aliphatic heterocycles. The summed E-state index contributed by atoms with van der Waals surface area (Å²) in [6.07, 6.45) is 2.66. The van der Waals surface area contributed by atoms with Gasteiger partial charge in [0.25, 0.3) is 0 Å². The van der Waals surface area contributed by atoms with Gasteiger partial charge in [-0.25, -0.2) is 13.8 Å². The number of rotatable bonds is 6. The molecule has 0 saturated heterocycles. The van der Waals surface area contributed by atoms with E-state index in [1.807, 2.05) is 24.3 Å². The lowest BCUT2D eigenvalue weighted by atomic mass is 9.92. The first-order chi connectivity index (χ1) is 14.9. The molecule has 1 aliphatic rings. The molecule has 0 aliphatic carbocycles. The molecule has 6 nitrogen and oxygen atoms in total. The first kappa shape index (κ1) is 20.6. The maximum absolute atomic E-state index is 13.8. The normalized spacial score (nSPS) is 13.8. The second kappa shape index (κ2) is 8.22. The number of pyridine rings is 1. The lowest BCUT2D eigenvalue weighted by Crippen LogP contribution is -2.41. The SMILES string of the molecule is COC(=O)CCc1ccc(CC2(c3cccnc3O)Nc3cc(F)c(F)cc3N2)cc1. The Bertz CT molecular complexity index is 1090. The summed E-state index contributed by atoms with van der Waals surface area (Å²) in [5, 5.41) is 16.8. The average molecular weight is 425 g/mol. The van der Waals surface area contributed by atoms with Gasteiger partial charge in [0.15, 0.2) is 11.6 Å². The molecule has 0 fully saturated rings. The fourth-order valence-corrected chi connectivity index (χ4v) is 3.77. The Morgan fingerprint density at radius 3 is 2.26 bits per heavy atom. The van der Waals surface area contributed by atoms with Crippen LogP contribution < -0.4 is 10.6 Å². The summed E-state index contributed by atoms with van der Waals surface area (Å²) in [6, 6.07) is 13.2. The Labute approximate surface area is 177 Å². The molecule has 31 heavy (non-hydrogen) atoms. The highest BCUT2D eigenvalue weighted by Crippen LogP contribution is 2.44. The van der Waals surface area contributed by atoms with Crippen LogP contribution in [0.25, 0.3) is 0 Å². The highest BCUT2D eigenvalue weighted by atomic mass is 19.2. The standard InChI is InChI=1S/C23H21F2N3O3/c1-31-21(29)9-8-14-4-6-15(7-5-14)13-23(16-3-2-10-26-22(16)30)27-19-11-17(24)18(25)12-20(19)28-23/h2-7,10-12,27-28H,8-9,13H2,1H3,(H,26,30). The van der Waals surface area contributed by atoms with Crippen LogP contribution in [0, 0.1) is 11.6 Å². The molecule has 3 aromatic rings. The van der Waals surface area contributed by atoms with Gasteiger partial charge in [-0.05, 0) is 29.7 Å². The quantitative estimate of drug-likeness (QED) is 0.516. The maximum atomic E-state index is 13.8. The van der Waals surface area contributed by atoms with E-state index in [0.29, 0.717) is 36.2 Å². The number of carbonyl (C=O) groups is 1. The first-order valence-corrected chi connectivity index (χ1v) is 9.75. The van der Waals surface area contributed by atoms with Gasteiger partial charge in [-0.3, -0.25) is 4.79 Å². The summed E-state index contributed by atoms with van der Waals surface area (Å²) >= 11 is 0. The smallest absolute Gasteiger partial charge is 0.305 e. The van der Waals surface area contributed by atoms with Crippen LogP contribution in [-0.4, -0.2) is 23.2 Å². The lowest BCUT2D eigenvalue weighted by molar-refractivity contribution is -0.140. The molecule has 4 rings (SSSR count). The molecule has 3 N–H and O–H groups in total. The molecule has 0 unspecified atom stereocenters. The van der Waals surface area contributed by atoms with Gasteiger partial charge < -0.3 is 20.5 Å².